The molecule has 0 aliphatic heterocycles. The van der Waals surface area contributed by atoms with Crippen LogP contribution in [0.25, 0.3) is 27.6 Å². The summed E-state index contributed by atoms with van der Waals surface area (Å²) in [6.07, 6.45) is 9.17. The summed E-state index contributed by atoms with van der Waals surface area (Å²) in [5.74, 6) is 0.936. The van der Waals surface area contributed by atoms with Crippen LogP contribution in [0.2, 0.25) is 0 Å². The van der Waals surface area contributed by atoms with E-state index in [-0.39, 0.29) is 22.3 Å². The standard InChI is InChI=1S/C22H21N3O2/c1-4-6-9-15(5-2)25-20(14-12-13-14)23-21-18(22(25)27)19(26)16-10-7-8-11-17(16)24(21)3/h4-11,14H,2,12-13H2,1,3H3/b6-4-,15-9+. The second-order valence-corrected chi connectivity index (χ2v) is 6.81. The molecule has 1 fully saturated rings. The third-order valence-electron chi connectivity index (χ3n) is 5.01. The van der Waals surface area contributed by atoms with Gasteiger partial charge in [0.15, 0.2) is 5.65 Å². The van der Waals surface area contributed by atoms with Gasteiger partial charge in [0, 0.05) is 24.0 Å². The number of pyridine rings is 1. The van der Waals surface area contributed by atoms with Crippen molar-refractivity contribution < 1.29 is 0 Å². The van der Waals surface area contributed by atoms with Gasteiger partial charge in [0.05, 0.1) is 5.52 Å². The molecule has 3 aromatic rings. The highest BCUT2D eigenvalue weighted by molar-refractivity contribution is 5.91. The summed E-state index contributed by atoms with van der Waals surface area (Å²) in [6.45, 7) is 5.75. The molecule has 0 unspecified atom stereocenters. The highest BCUT2D eigenvalue weighted by atomic mass is 16.1. The van der Waals surface area contributed by atoms with E-state index in [9.17, 15) is 9.59 Å². The van der Waals surface area contributed by atoms with Crippen molar-refractivity contribution in [3.8, 4) is 0 Å². The number of aromatic nitrogens is 3. The predicted molar refractivity (Wildman–Crippen MR) is 110 cm³/mol. The first-order chi connectivity index (χ1) is 13.1. The van der Waals surface area contributed by atoms with E-state index in [1.165, 1.54) is 0 Å². The zero-order valence-electron chi connectivity index (χ0n) is 15.5. The van der Waals surface area contributed by atoms with E-state index in [1.807, 2.05) is 48.9 Å². The number of rotatable bonds is 4. The second kappa shape index (κ2) is 6.50. The SMILES string of the molecule is C=C/C(=C\C=C/C)n1c(C2CC2)nc2c(c(=O)c3ccccc3n2C)c1=O. The Morgan fingerprint density at radius 1 is 1.26 bits per heavy atom. The van der Waals surface area contributed by atoms with Crippen molar-refractivity contribution in [2.45, 2.75) is 25.7 Å². The maximum atomic E-state index is 13.5. The molecule has 1 aromatic carbocycles. The van der Waals surface area contributed by atoms with E-state index >= 15 is 0 Å². The third kappa shape index (κ3) is 2.67. The first kappa shape index (κ1) is 17.2. The van der Waals surface area contributed by atoms with E-state index in [0.717, 1.165) is 18.4 Å². The first-order valence-electron chi connectivity index (χ1n) is 9.08. The normalized spacial score (nSPS) is 15.1. The highest BCUT2D eigenvalue weighted by Crippen LogP contribution is 2.39. The average molecular weight is 359 g/mol. The molecule has 0 spiro atoms. The monoisotopic (exact) mass is 359 g/mol. The van der Waals surface area contributed by atoms with Crippen LogP contribution in [0.5, 0.6) is 0 Å². The third-order valence-corrected chi connectivity index (χ3v) is 5.01. The maximum absolute atomic E-state index is 13.5. The van der Waals surface area contributed by atoms with Gasteiger partial charge in [-0.3, -0.25) is 14.2 Å². The lowest BCUT2D eigenvalue weighted by Crippen LogP contribution is -2.29. The van der Waals surface area contributed by atoms with Gasteiger partial charge in [0.1, 0.15) is 11.2 Å². The molecule has 0 N–H and O–H groups in total. The van der Waals surface area contributed by atoms with E-state index in [1.54, 1.807) is 22.8 Å². The van der Waals surface area contributed by atoms with Crippen molar-refractivity contribution in [3.63, 3.8) is 0 Å². The molecular weight excluding hydrogens is 338 g/mol. The molecule has 136 valence electrons. The van der Waals surface area contributed by atoms with Crippen LogP contribution in [0.3, 0.4) is 0 Å². The summed E-state index contributed by atoms with van der Waals surface area (Å²) < 4.78 is 3.40. The fourth-order valence-corrected chi connectivity index (χ4v) is 3.47. The molecular formula is C22H21N3O2. The minimum atomic E-state index is -0.330. The Bertz CT molecular complexity index is 1250. The lowest BCUT2D eigenvalue weighted by Gasteiger charge is -2.16. The maximum Gasteiger partial charge on any atom is 0.271 e. The van der Waals surface area contributed by atoms with E-state index in [2.05, 4.69) is 6.58 Å². The number of aryl methyl sites for hydroxylation is 1. The quantitative estimate of drug-likeness (QED) is 0.527. The summed E-state index contributed by atoms with van der Waals surface area (Å²) >= 11 is 0. The van der Waals surface area contributed by atoms with Gasteiger partial charge in [-0.1, -0.05) is 30.9 Å². The number of hydrogen-bond acceptors (Lipinski definition) is 3. The topological polar surface area (TPSA) is 56.9 Å². The van der Waals surface area contributed by atoms with Gasteiger partial charge in [0.25, 0.3) is 5.56 Å². The van der Waals surface area contributed by atoms with Crippen LogP contribution in [0.4, 0.5) is 0 Å². The Morgan fingerprint density at radius 2 is 2.00 bits per heavy atom. The van der Waals surface area contributed by atoms with Crippen molar-refractivity contribution in [3.05, 3.63) is 81.6 Å². The number of allylic oxidation sites excluding steroid dienone is 5. The minimum absolute atomic E-state index is 0.119. The molecule has 2 heterocycles. The molecule has 5 nitrogen and oxygen atoms in total. The Labute approximate surface area is 156 Å². The van der Waals surface area contributed by atoms with Gasteiger partial charge in [-0.15, -0.1) is 0 Å². The van der Waals surface area contributed by atoms with Crippen LogP contribution in [0.15, 0.2) is 64.7 Å². The predicted octanol–water partition coefficient (Wildman–Crippen LogP) is 3.73. The highest BCUT2D eigenvalue weighted by Gasteiger charge is 2.31. The Kier molecular flexibility index (Phi) is 4.15. The van der Waals surface area contributed by atoms with E-state index < -0.39 is 0 Å². The fourth-order valence-electron chi connectivity index (χ4n) is 3.47. The van der Waals surface area contributed by atoms with Crippen molar-refractivity contribution in [1.82, 2.24) is 14.1 Å². The summed E-state index contributed by atoms with van der Waals surface area (Å²) in [5, 5.41) is 0.642. The molecule has 0 radical (unpaired) electrons. The van der Waals surface area contributed by atoms with Crippen molar-refractivity contribution in [1.29, 1.82) is 0 Å². The van der Waals surface area contributed by atoms with Crippen LogP contribution in [0, 0.1) is 0 Å². The summed E-state index contributed by atoms with van der Waals surface area (Å²) in [6, 6.07) is 7.31. The van der Waals surface area contributed by atoms with Gasteiger partial charge in [-0.25, -0.2) is 4.98 Å². The number of fused-ring (bicyclic) bond motifs is 2. The number of hydrogen-bond donors (Lipinski definition) is 0. The lowest BCUT2D eigenvalue weighted by atomic mass is 10.1. The van der Waals surface area contributed by atoms with Crippen LogP contribution in [0.1, 0.15) is 31.5 Å². The van der Waals surface area contributed by atoms with Crippen LogP contribution in [-0.4, -0.2) is 14.1 Å². The van der Waals surface area contributed by atoms with Crippen LogP contribution in [-0.2, 0) is 7.05 Å². The van der Waals surface area contributed by atoms with Crippen molar-refractivity contribution in [2.75, 3.05) is 0 Å². The molecule has 5 heteroatoms. The van der Waals surface area contributed by atoms with Crippen LogP contribution < -0.4 is 11.0 Å². The van der Waals surface area contributed by atoms with Gasteiger partial charge in [-0.2, -0.15) is 0 Å². The summed E-state index contributed by atoms with van der Waals surface area (Å²) in [7, 11) is 1.85. The molecule has 27 heavy (non-hydrogen) atoms. The largest absolute Gasteiger partial charge is 0.328 e. The van der Waals surface area contributed by atoms with E-state index in [4.69, 9.17) is 4.98 Å². The van der Waals surface area contributed by atoms with Crippen molar-refractivity contribution >= 4 is 27.6 Å². The second-order valence-electron chi connectivity index (χ2n) is 6.81. The first-order valence-corrected chi connectivity index (χ1v) is 9.08. The fraction of sp³-hybridized carbons (Fsp3) is 0.227. The molecule has 1 saturated carbocycles. The van der Waals surface area contributed by atoms with Gasteiger partial charge in [0.2, 0.25) is 5.43 Å². The number of para-hydroxylation sites is 1. The zero-order valence-corrected chi connectivity index (χ0v) is 15.5. The molecule has 2 aromatic heterocycles. The van der Waals surface area contributed by atoms with Gasteiger partial charge in [-0.05, 0) is 44.1 Å². The van der Waals surface area contributed by atoms with Crippen molar-refractivity contribution in [2.24, 2.45) is 7.05 Å². The Morgan fingerprint density at radius 3 is 2.67 bits per heavy atom. The molecule has 0 amide bonds. The average Bonchev–Trinajstić information content (AvgIpc) is 3.52. The molecule has 0 bridgehead atoms. The summed E-state index contributed by atoms with van der Waals surface area (Å²) in [5.41, 5.74) is 1.24. The van der Waals surface area contributed by atoms with Crippen LogP contribution >= 0.6 is 0 Å². The molecule has 4 rings (SSSR count). The minimum Gasteiger partial charge on any atom is -0.328 e. The summed E-state index contributed by atoms with van der Waals surface area (Å²) in [4.78, 5) is 31.4. The smallest absolute Gasteiger partial charge is 0.271 e. The number of benzene rings is 1. The Hall–Kier alpha value is -3.21. The zero-order chi connectivity index (χ0) is 19.1. The molecule has 0 saturated heterocycles. The lowest BCUT2D eigenvalue weighted by molar-refractivity contribution is 0.823. The molecule has 0 atom stereocenters. The molecule has 1 aliphatic carbocycles. The Balaban J connectivity index is 2.21. The number of nitrogens with zero attached hydrogens (tertiary/aromatic N) is 3. The van der Waals surface area contributed by atoms with E-state index in [0.29, 0.717) is 22.6 Å². The van der Waals surface area contributed by atoms with Gasteiger partial charge < -0.3 is 4.57 Å². The van der Waals surface area contributed by atoms with Gasteiger partial charge >= 0.3 is 0 Å². The molecule has 1 aliphatic rings.